The van der Waals surface area contributed by atoms with E-state index in [1.54, 1.807) is 29.5 Å². The Labute approximate surface area is 181 Å². The van der Waals surface area contributed by atoms with E-state index in [0.717, 1.165) is 30.4 Å². The van der Waals surface area contributed by atoms with Crippen LogP contribution in [0.2, 0.25) is 0 Å². The summed E-state index contributed by atoms with van der Waals surface area (Å²) in [4.78, 5) is 28.9. The van der Waals surface area contributed by atoms with Crippen molar-refractivity contribution >= 4 is 11.8 Å². The molecule has 0 radical (unpaired) electrons. The van der Waals surface area contributed by atoms with Crippen LogP contribution in [0, 0.1) is 0 Å². The van der Waals surface area contributed by atoms with E-state index in [1.165, 1.54) is 0 Å². The number of amides is 2. The molecule has 2 amide bonds. The first-order chi connectivity index (χ1) is 15.2. The molecule has 2 N–H and O–H groups in total. The molecule has 1 aliphatic rings. The van der Waals surface area contributed by atoms with Gasteiger partial charge < -0.3 is 10.6 Å². The third-order valence-electron chi connectivity index (χ3n) is 5.58. The van der Waals surface area contributed by atoms with Gasteiger partial charge in [-0.3, -0.25) is 19.3 Å². The fourth-order valence-corrected chi connectivity index (χ4v) is 3.95. The van der Waals surface area contributed by atoms with Crippen LogP contribution in [-0.2, 0) is 17.8 Å². The van der Waals surface area contributed by atoms with E-state index >= 15 is 0 Å². The number of hydrogen-bond donors (Lipinski definition) is 2. The molecule has 3 aromatic rings. The molecule has 1 fully saturated rings. The molecule has 2 heterocycles. The van der Waals surface area contributed by atoms with E-state index < -0.39 is 0 Å². The van der Waals surface area contributed by atoms with Crippen LogP contribution in [0.1, 0.15) is 47.2 Å². The molecular formula is C24H27N5O2. The van der Waals surface area contributed by atoms with Crippen LogP contribution in [0.25, 0.3) is 0 Å². The Morgan fingerprint density at radius 1 is 0.968 bits per heavy atom. The van der Waals surface area contributed by atoms with Crippen molar-refractivity contribution in [2.75, 3.05) is 0 Å². The highest BCUT2D eigenvalue weighted by atomic mass is 16.2. The molecule has 1 aliphatic carbocycles. The summed E-state index contributed by atoms with van der Waals surface area (Å²) in [6.07, 6.45) is 10.5. The van der Waals surface area contributed by atoms with Crippen molar-refractivity contribution in [3.8, 4) is 0 Å². The number of aromatic nitrogens is 3. The molecule has 160 valence electrons. The lowest BCUT2D eigenvalue weighted by Crippen LogP contribution is -2.37. The van der Waals surface area contributed by atoms with Crippen LogP contribution in [-0.4, -0.2) is 38.7 Å². The minimum absolute atomic E-state index is 0.0445. The second-order valence-electron chi connectivity index (χ2n) is 8.02. The van der Waals surface area contributed by atoms with Gasteiger partial charge >= 0.3 is 0 Å². The number of pyridine rings is 1. The Bertz CT molecular complexity index is 1000. The molecular weight excluding hydrogens is 390 g/mol. The average molecular weight is 418 g/mol. The van der Waals surface area contributed by atoms with Crippen LogP contribution < -0.4 is 10.6 Å². The molecule has 7 heteroatoms. The lowest BCUT2D eigenvalue weighted by molar-refractivity contribution is -0.121. The lowest BCUT2D eigenvalue weighted by atomic mass is 10.1. The smallest absolute Gasteiger partial charge is 0.254 e. The first-order valence-corrected chi connectivity index (χ1v) is 10.7. The van der Waals surface area contributed by atoms with E-state index in [2.05, 4.69) is 20.7 Å². The molecule has 0 unspecified atom stereocenters. The number of benzene rings is 1. The monoisotopic (exact) mass is 417 g/mol. The molecule has 1 saturated carbocycles. The van der Waals surface area contributed by atoms with E-state index in [4.69, 9.17) is 0 Å². The number of carbonyl (C=O) groups is 2. The van der Waals surface area contributed by atoms with Gasteiger partial charge in [0.25, 0.3) is 5.91 Å². The van der Waals surface area contributed by atoms with Crippen LogP contribution in [0.4, 0.5) is 0 Å². The minimum atomic E-state index is -0.118. The van der Waals surface area contributed by atoms with E-state index in [9.17, 15) is 9.59 Å². The second kappa shape index (κ2) is 10.0. The lowest BCUT2D eigenvalue weighted by Gasteiger charge is -2.14. The molecule has 0 bridgehead atoms. The summed E-state index contributed by atoms with van der Waals surface area (Å²) in [6, 6.07) is 14.0. The Morgan fingerprint density at radius 2 is 1.74 bits per heavy atom. The minimum Gasteiger partial charge on any atom is -0.353 e. The normalized spacial score (nSPS) is 17.9. The standard InChI is InChI=1S/C24H27N5O2/c30-23(11-8-18-7-4-12-25-14-18)27-21-9-10-22(13-21)28-24(31)20-15-26-29(17-20)16-19-5-2-1-3-6-19/h1-7,12,14-15,17,21-22H,8-11,13,16H2,(H,27,30)(H,28,31)/t21-,22+/m0/s1. The number of nitrogens with zero attached hydrogens (tertiary/aromatic N) is 3. The van der Waals surface area contributed by atoms with Crippen molar-refractivity contribution in [3.05, 3.63) is 83.9 Å². The van der Waals surface area contributed by atoms with Gasteiger partial charge in [0.2, 0.25) is 5.91 Å². The number of rotatable bonds is 8. The SMILES string of the molecule is O=C(CCc1cccnc1)N[C@H]1CC[C@@H](NC(=O)c2cnn(Cc3ccccc3)c2)C1. The van der Waals surface area contributed by atoms with Crippen molar-refractivity contribution < 1.29 is 9.59 Å². The Balaban J connectivity index is 1.21. The van der Waals surface area contributed by atoms with Crippen LogP contribution in [0.5, 0.6) is 0 Å². The fraction of sp³-hybridized carbons (Fsp3) is 0.333. The third kappa shape index (κ3) is 6.01. The van der Waals surface area contributed by atoms with Gasteiger partial charge in [-0.25, -0.2) is 0 Å². The van der Waals surface area contributed by atoms with Gasteiger partial charge in [0.05, 0.1) is 18.3 Å². The zero-order valence-corrected chi connectivity index (χ0v) is 17.4. The summed E-state index contributed by atoms with van der Waals surface area (Å²) < 4.78 is 1.77. The highest BCUT2D eigenvalue weighted by Gasteiger charge is 2.27. The van der Waals surface area contributed by atoms with Gasteiger partial charge in [0, 0.05) is 37.1 Å². The third-order valence-corrected chi connectivity index (χ3v) is 5.58. The maximum Gasteiger partial charge on any atom is 0.254 e. The molecule has 7 nitrogen and oxygen atoms in total. The van der Waals surface area contributed by atoms with Crippen molar-refractivity contribution in [2.24, 2.45) is 0 Å². The maximum absolute atomic E-state index is 12.6. The van der Waals surface area contributed by atoms with Gasteiger partial charge in [-0.05, 0) is 42.9 Å². The Morgan fingerprint density at radius 3 is 2.52 bits per heavy atom. The first kappa shape index (κ1) is 20.8. The van der Waals surface area contributed by atoms with Crippen molar-refractivity contribution in [1.82, 2.24) is 25.4 Å². The van der Waals surface area contributed by atoms with Crippen LogP contribution >= 0.6 is 0 Å². The first-order valence-electron chi connectivity index (χ1n) is 10.7. The molecule has 4 rings (SSSR count). The van der Waals surface area contributed by atoms with Crippen molar-refractivity contribution in [3.63, 3.8) is 0 Å². The highest BCUT2D eigenvalue weighted by Crippen LogP contribution is 2.20. The van der Waals surface area contributed by atoms with Gasteiger partial charge in [0.15, 0.2) is 0 Å². The van der Waals surface area contributed by atoms with Crippen molar-refractivity contribution in [1.29, 1.82) is 0 Å². The zero-order valence-electron chi connectivity index (χ0n) is 17.4. The zero-order chi connectivity index (χ0) is 21.5. The number of carbonyl (C=O) groups excluding carboxylic acids is 2. The van der Waals surface area contributed by atoms with Crippen LogP contribution in [0.3, 0.4) is 0 Å². The molecule has 2 atom stereocenters. The summed E-state index contributed by atoms with van der Waals surface area (Å²) in [6.45, 7) is 0.630. The molecule has 0 aliphatic heterocycles. The quantitative estimate of drug-likeness (QED) is 0.590. The molecule has 31 heavy (non-hydrogen) atoms. The van der Waals surface area contributed by atoms with Gasteiger partial charge in [0.1, 0.15) is 0 Å². The maximum atomic E-state index is 12.6. The summed E-state index contributed by atoms with van der Waals surface area (Å²) in [5.41, 5.74) is 2.75. The van der Waals surface area contributed by atoms with Gasteiger partial charge in [-0.1, -0.05) is 36.4 Å². The van der Waals surface area contributed by atoms with Gasteiger partial charge in [-0.2, -0.15) is 5.10 Å². The number of nitrogens with one attached hydrogen (secondary N) is 2. The fourth-order valence-electron chi connectivity index (χ4n) is 3.95. The largest absolute Gasteiger partial charge is 0.353 e. The average Bonchev–Trinajstić information content (AvgIpc) is 3.43. The summed E-state index contributed by atoms with van der Waals surface area (Å²) >= 11 is 0. The highest BCUT2D eigenvalue weighted by molar-refractivity contribution is 5.93. The summed E-state index contributed by atoms with van der Waals surface area (Å²) in [7, 11) is 0. The number of aryl methyl sites for hydroxylation is 1. The summed E-state index contributed by atoms with van der Waals surface area (Å²) in [5, 5.41) is 10.5. The van der Waals surface area contributed by atoms with Crippen molar-refractivity contribution in [2.45, 2.75) is 50.7 Å². The summed E-state index contributed by atoms with van der Waals surface area (Å²) in [5.74, 6) is -0.0733. The second-order valence-corrected chi connectivity index (χ2v) is 8.02. The topological polar surface area (TPSA) is 88.9 Å². The predicted octanol–water partition coefficient (Wildman–Crippen LogP) is 2.73. The van der Waals surface area contributed by atoms with E-state index in [0.29, 0.717) is 24.9 Å². The van der Waals surface area contributed by atoms with Gasteiger partial charge in [-0.15, -0.1) is 0 Å². The molecule has 1 aromatic carbocycles. The Hall–Kier alpha value is -3.48. The molecule has 0 saturated heterocycles. The van der Waals surface area contributed by atoms with E-state index in [1.807, 2.05) is 42.5 Å². The van der Waals surface area contributed by atoms with E-state index in [-0.39, 0.29) is 23.9 Å². The predicted molar refractivity (Wildman–Crippen MR) is 117 cm³/mol. The molecule has 2 aromatic heterocycles. The van der Waals surface area contributed by atoms with Crippen LogP contribution in [0.15, 0.2) is 67.3 Å². The molecule has 0 spiro atoms. The Kier molecular flexibility index (Phi) is 6.72. The number of hydrogen-bond acceptors (Lipinski definition) is 4.